The average Bonchev–Trinajstić information content (AvgIpc) is 2.57. The maximum atomic E-state index is 8.93. The number of aromatic nitrogens is 2. The van der Waals surface area contributed by atoms with E-state index in [0.29, 0.717) is 0 Å². The number of hydrogen-bond acceptors (Lipinski definition) is 4. The van der Waals surface area contributed by atoms with Crippen molar-refractivity contribution in [1.82, 2.24) is 14.5 Å². The van der Waals surface area contributed by atoms with E-state index in [4.69, 9.17) is 5.11 Å². The highest BCUT2D eigenvalue weighted by molar-refractivity contribution is 5.31. The third kappa shape index (κ3) is 2.54. The van der Waals surface area contributed by atoms with Crippen LogP contribution in [-0.2, 0) is 7.05 Å². The molecule has 1 aliphatic rings. The fourth-order valence-corrected chi connectivity index (χ4v) is 2.20. The summed E-state index contributed by atoms with van der Waals surface area (Å²) in [6.07, 6.45) is 4.95. The minimum Gasteiger partial charge on any atom is -0.395 e. The van der Waals surface area contributed by atoms with Crippen molar-refractivity contribution in [3.8, 4) is 0 Å². The number of rotatable bonds is 3. The predicted molar refractivity (Wildman–Crippen MR) is 63.6 cm³/mol. The zero-order valence-corrected chi connectivity index (χ0v) is 9.84. The van der Waals surface area contributed by atoms with Gasteiger partial charge in [0.2, 0.25) is 5.95 Å². The van der Waals surface area contributed by atoms with Gasteiger partial charge in [-0.05, 0) is 13.0 Å². The predicted octanol–water partition coefficient (Wildman–Crippen LogP) is -0.0755. The molecule has 0 bridgehead atoms. The van der Waals surface area contributed by atoms with E-state index in [1.54, 1.807) is 0 Å². The molecule has 1 aromatic rings. The molecule has 0 amide bonds. The summed E-state index contributed by atoms with van der Waals surface area (Å²) in [7, 11) is 2.03. The summed E-state index contributed by atoms with van der Waals surface area (Å²) >= 11 is 0. The highest BCUT2D eigenvalue weighted by Gasteiger charge is 2.16. The van der Waals surface area contributed by atoms with Crippen LogP contribution in [0.15, 0.2) is 12.4 Å². The van der Waals surface area contributed by atoms with Gasteiger partial charge in [0, 0.05) is 45.6 Å². The lowest BCUT2D eigenvalue weighted by Gasteiger charge is -2.22. The van der Waals surface area contributed by atoms with Gasteiger partial charge in [-0.2, -0.15) is 0 Å². The molecule has 2 rings (SSSR count). The molecule has 1 aliphatic heterocycles. The first-order chi connectivity index (χ1) is 7.81. The number of anilines is 1. The summed E-state index contributed by atoms with van der Waals surface area (Å²) in [5.74, 6) is 1.05. The molecular weight excluding hydrogens is 204 g/mol. The van der Waals surface area contributed by atoms with Gasteiger partial charge in [0.05, 0.1) is 6.61 Å². The van der Waals surface area contributed by atoms with Crippen LogP contribution in [0.1, 0.15) is 6.42 Å². The topological polar surface area (TPSA) is 44.5 Å². The number of aliphatic hydroxyl groups excluding tert-OH is 1. The Bertz CT molecular complexity index is 326. The molecule has 0 aliphatic carbocycles. The molecular formula is C11H20N4O. The Morgan fingerprint density at radius 2 is 2.19 bits per heavy atom. The van der Waals surface area contributed by atoms with Crippen LogP contribution in [0.25, 0.3) is 0 Å². The van der Waals surface area contributed by atoms with Crippen molar-refractivity contribution >= 4 is 5.95 Å². The highest BCUT2D eigenvalue weighted by atomic mass is 16.3. The first-order valence-corrected chi connectivity index (χ1v) is 5.87. The quantitative estimate of drug-likeness (QED) is 0.780. The number of imidazole rings is 1. The number of aliphatic hydroxyl groups is 1. The van der Waals surface area contributed by atoms with Crippen LogP contribution in [0.2, 0.25) is 0 Å². The zero-order chi connectivity index (χ0) is 11.4. The van der Waals surface area contributed by atoms with Crippen molar-refractivity contribution in [2.24, 2.45) is 7.05 Å². The fraction of sp³-hybridized carbons (Fsp3) is 0.727. The number of nitrogens with zero attached hydrogens (tertiary/aromatic N) is 4. The van der Waals surface area contributed by atoms with Crippen LogP contribution in [0, 0.1) is 0 Å². The van der Waals surface area contributed by atoms with Crippen molar-refractivity contribution in [2.75, 3.05) is 44.2 Å². The first kappa shape index (κ1) is 11.4. The van der Waals surface area contributed by atoms with Gasteiger partial charge in [0.1, 0.15) is 0 Å². The summed E-state index contributed by atoms with van der Waals surface area (Å²) in [5.41, 5.74) is 0. The highest BCUT2D eigenvalue weighted by Crippen LogP contribution is 2.12. The smallest absolute Gasteiger partial charge is 0.205 e. The Balaban J connectivity index is 1.96. The molecule has 1 N–H and O–H groups in total. The fourth-order valence-electron chi connectivity index (χ4n) is 2.20. The molecule has 5 heteroatoms. The molecule has 0 aromatic carbocycles. The van der Waals surface area contributed by atoms with E-state index in [0.717, 1.165) is 45.1 Å². The van der Waals surface area contributed by atoms with E-state index in [2.05, 4.69) is 19.4 Å². The van der Waals surface area contributed by atoms with Crippen molar-refractivity contribution in [2.45, 2.75) is 6.42 Å². The van der Waals surface area contributed by atoms with Gasteiger partial charge in [0.15, 0.2) is 0 Å². The van der Waals surface area contributed by atoms with Gasteiger partial charge in [0.25, 0.3) is 0 Å². The van der Waals surface area contributed by atoms with Gasteiger partial charge < -0.3 is 14.6 Å². The molecule has 5 nitrogen and oxygen atoms in total. The maximum Gasteiger partial charge on any atom is 0.205 e. The second-order valence-corrected chi connectivity index (χ2v) is 4.24. The molecule has 90 valence electrons. The molecule has 1 saturated heterocycles. The molecule has 0 radical (unpaired) electrons. The van der Waals surface area contributed by atoms with E-state index in [9.17, 15) is 0 Å². The van der Waals surface area contributed by atoms with E-state index >= 15 is 0 Å². The summed E-state index contributed by atoms with van der Waals surface area (Å²) in [5, 5.41) is 8.93. The average molecular weight is 224 g/mol. The summed E-state index contributed by atoms with van der Waals surface area (Å²) in [4.78, 5) is 9.00. The summed E-state index contributed by atoms with van der Waals surface area (Å²) in [6, 6.07) is 0. The van der Waals surface area contributed by atoms with Crippen molar-refractivity contribution < 1.29 is 5.11 Å². The third-order valence-electron chi connectivity index (χ3n) is 3.08. The molecule has 0 saturated carbocycles. The van der Waals surface area contributed by atoms with Crippen molar-refractivity contribution in [3.63, 3.8) is 0 Å². The lowest BCUT2D eigenvalue weighted by Crippen LogP contribution is -2.33. The zero-order valence-electron chi connectivity index (χ0n) is 9.84. The number of aryl methyl sites for hydroxylation is 1. The molecule has 0 unspecified atom stereocenters. The largest absolute Gasteiger partial charge is 0.395 e. The van der Waals surface area contributed by atoms with Gasteiger partial charge in [-0.1, -0.05) is 0 Å². The van der Waals surface area contributed by atoms with Gasteiger partial charge >= 0.3 is 0 Å². The lowest BCUT2D eigenvalue weighted by molar-refractivity contribution is 0.204. The Hall–Kier alpha value is -1.07. The number of β-amino-alcohol motifs (C(OH)–C–C–N with tert-alkyl or cyclic N) is 1. The molecule has 1 aromatic heterocycles. The second kappa shape index (κ2) is 5.32. The van der Waals surface area contributed by atoms with E-state index in [-0.39, 0.29) is 6.61 Å². The van der Waals surface area contributed by atoms with Crippen LogP contribution < -0.4 is 4.90 Å². The first-order valence-electron chi connectivity index (χ1n) is 5.87. The lowest BCUT2D eigenvalue weighted by atomic mass is 10.4. The minimum atomic E-state index is 0.252. The Kier molecular flexibility index (Phi) is 3.79. The Morgan fingerprint density at radius 1 is 1.31 bits per heavy atom. The van der Waals surface area contributed by atoms with Gasteiger partial charge in [-0.3, -0.25) is 4.90 Å². The molecule has 0 atom stereocenters. The second-order valence-electron chi connectivity index (χ2n) is 4.24. The Morgan fingerprint density at radius 3 is 2.88 bits per heavy atom. The van der Waals surface area contributed by atoms with Crippen LogP contribution in [-0.4, -0.2) is 58.9 Å². The van der Waals surface area contributed by atoms with E-state index < -0.39 is 0 Å². The minimum absolute atomic E-state index is 0.252. The Labute approximate surface area is 96.3 Å². The molecule has 2 heterocycles. The van der Waals surface area contributed by atoms with Crippen LogP contribution in [0.5, 0.6) is 0 Å². The van der Waals surface area contributed by atoms with E-state index in [1.165, 1.54) is 0 Å². The van der Waals surface area contributed by atoms with Crippen LogP contribution in [0.4, 0.5) is 5.95 Å². The third-order valence-corrected chi connectivity index (χ3v) is 3.08. The van der Waals surface area contributed by atoms with Crippen molar-refractivity contribution in [3.05, 3.63) is 12.4 Å². The maximum absolute atomic E-state index is 8.93. The normalized spacial score (nSPS) is 18.8. The summed E-state index contributed by atoms with van der Waals surface area (Å²) < 4.78 is 2.06. The number of hydrogen-bond donors (Lipinski definition) is 1. The van der Waals surface area contributed by atoms with Crippen LogP contribution in [0.3, 0.4) is 0 Å². The monoisotopic (exact) mass is 224 g/mol. The standard InChI is InChI=1S/C11H20N4O/c1-13-6-3-12-11(13)15-5-2-4-14(7-8-15)9-10-16/h3,6,16H,2,4-5,7-10H2,1H3. The van der Waals surface area contributed by atoms with Gasteiger partial charge in [-0.15, -0.1) is 0 Å². The SMILES string of the molecule is Cn1ccnc1N1CCCN(CCO)CC1. The molecule has 16 heavy (non-hydrogen) atoms. The van der Waals surface area contributed by atoms with Gasteiger partial charge in [-0.25, -0.2) is 4.98 Å². The summed E-state index contributed by atoms with van der Waals surface area (Å²) in [6.45, 7) is 5.16. The van der Waals surface area contributed by atoms with Crippen LogP contribution >= 0.6 is 0 Å². The van der Waals surface area contributed by atoms with E-state index in [1.807, 2.05) is 19.4 Å². The molecule has 0 spiro atoms. The molecule has 1 fully saturated rings. The van der Waals surface area contributed by atoms with Crippen molar-refractivity contribution in [1.29, 1.82) is 0 Å².